The van der Waals surface area contributed by atoms with Gasteiger partial charge in [-0.1, -0.05) is 0 Å². The Hall–Kier alpha value is -1.89. The highest BCUT2D eigenvalue weighted by atomic mass is 16.2. The van der Waals surface area contributed by atoms with Gasteiger partial charge in [0.2, 0.25) is 5.91 Å². The highest BCUT2D eigenvalue weighted by molar-refractivity contribution is 5.78. The van der Waals surface area contributed by atoms with Crippen molar-refractivity contribution in [3.05, 3.63) is 22.6 Å². The van der Waals surface area contributed by atoms with Gasteiger partial charge < -0.3 is 10.2 Å². The zero-order valence-corrected chi connectivity index (χ0v) is 13.8. The predicted octanol–water partition coefficient (Wildman–Crippen LogP) is -0.183. The van der Waals surface area contributed by atoms with Crippen LogP contribution in [0.5, 0.6) is 0 Å². The molecule has 7 nitrogen and oxygen atoms in total. The monoisotopic (exact) mass is 307 g/mol. The molecular formula is C15H25N5O2. The lowest BCUT2D eigenvalue weighted by Crippen LogP contribution is -2.52. The Morgan fingerprint density at radius 3 is 2.45 bits per heavy atom. The maximum atomic E-state index is 11.9. The van der Waals surface area contributed by atoms with Crippen LogP contribution in [-0.4, -0.2) is 58.9 Å². The SMILES string of the molecule is Cn1ncc(N2CCN(CC(=O)NC(C)(C)C)CC2)cc1=O. The number of carbonyl (C=O) groups excluding carboxylic acids is 1. The molecule has 2 rings (SSSR count). The molecule has 0 spiro atoms. The molecule has 0 unspecified atom stereocenters. The molecular weight excluding hydrogens is 282 g/mol. The van der Waals surface area contributed by atoms with Gasteiger partial charge in [0.05, 0.1) is 18.4 Å². The molecule has 22 heavy (non-hydrogen) atoms. The Balaban J connectivity index is 1.86. The van der Waals surface area contributed by atoms with Crippen molar-refractivity contribution in [2.45, 2.75) is 26.3 Å². The summed E-state index contributed by atoms with van der Waals surface area (Å²) in [6, 6.07) is 1.61. The number of carbonyl (C=O) groups is 1. The average Bonchev–Trinajstić information content (AvgIpc) is 2.40. The molecule has 1 saturated heterocycles. The van der Waals surface area contributed by atoms with Crippen molar-refractivity contribution in [1.82, 2.24) is 20.0 Å². The second-order valence-corrected chi connectivity index (χ2v) is 6.74. The van der Waals surface area contributed by atoms with E-state index in [0.717, 1.165) is 31.9 Å². The molecule has 1 aromatic rings. The van der Waals surface area contributed by atoms with Crippen LogP contribution in [0.3, 0.4) is 0 Å². The van der Waals surface area contributed by atoms with Crippen LogP contribution >= 0.6 is 0 Å². The average molecular weight is 307 g/mol. The Morgan fingerprint density at radius 1 is 1.27 bits per heavy atom. The van der Waals surface area contributed by atoms with Crippen molar-refractivity contribution in [2.75, 3.05) is 37.6 Å². The summed E-state index contributed by atoms with van der Waals surface area (Å²) in [5.41, 5.74) is 0.542. The first-order valence-electron chi connectivity index (χ1n) is 7.56. The number of anilines is 1. The van der Waals surface area contributed by atoms with E-state index in [9.17, 15) is 9.59 Å². The zero-order chi connectivity index (χ0) is 16.3. The molecule has 2 heterocycles. The molecule has 122 valence electrons. The molecule has 1 N–H and O–H groups in total. The molecule has 0 saturated carbocycles. The maximum Gasteiger partial charge on any atom is 0.268 e. The van der Waals surface area contributed by atoms with Crippen molar-refractivity contribution in [3.63, 3.8) is 0 Å². The van der Waals surface area contributed by atoms with Crippen molar-refractivity contribution < 1.29 is 4.79 Å². The zero-order valence-electron chi connectivity index (χ0n) is 13.8. The van der Waals surface area contributed by atoms with E-state index in [1.165, 1.54) is 4.68 Å². The molecule has 7 heteroatoms. The molecule has 1 aromatic heterocycles. The Bertz CT molecular complexity index is 582. The summed E-state index contributed by atoms with van der Waals surface area (Å²) in [6.45, 7) is 9.53. The van der Waals surface area contributed by atoms with Gasteiger partial charge >= 0.3 is 0 Å². The standard InChI is InChI=1S/C15H25N5O2/c1-15(2,3)17-13(21)11-19-5-7-20(8-6-19)12-9-14(22)18(4)16-10-12/h9-10H,5-8,11H2,1-4H3,(H,17,21). The first-order chi connectivity index (χ1) is 10.2. The fraction of sp³-hybridized carbons (Fsp3) is 0.667. The fourth-order valence-corrected chi connectivity index (χ4v) is 2.46. The lowest BCUT2D eigenvalue weighted by Gasteiger charge is -2.35. The van der Waals surface area contributed by atoms with Crippen molar-refractivity contribution in [2.24, 2.45) is 7.05 Å². The normalized spacial score (nSPS) is 16.6. The number of nitrogens with one attached hydrogen (secondary N) is 1. The lowest BCUT2D eigenvalue weighted by molar-refractivity contribution is -0.123. The summed E-state index contributed by atoms with van der Waals surface area (Å²) < 4.78 is 1.32. The summed E-state index contributed by atoms with van der Waals surface area (Å²) in [7, 11) is 1.64. The van der Waals surface area contributed by atoms with E-state index in [1.807, 2.05) is 20.8 Å². The predicted molar refractivity (Wildman–Crippen MR) is 86.0 cm³/mol. The Labute approximate surface area is 130 Å². The van der Waals surface area contributed by atoms with Gasteiger partial charge in [-0.25, -0.2) is 4.68 Å². The molecule has 0 radical (unpaired) electrons. The number of hydrogen-bond acceptors (Lipinski definition) is 5. The van der Waals surface area contributed by atoms with Crippen LogP contribution in [0, 0.1) is 0 Å². The van der Waals surface area contributed by atoms with Crippen LogP contribution in [-0.2, 0) is 11.8 Å². The summed E-state index contributed by atoms with van der Waals surface area (Å²) in [5, 5.41) is 7.02. The van der Waals surface area contributed by atoms with E-state index in [2.05, 4.69) is 20.2 Å². The van der Waals surface area contributed by atoms with E-state index >= 15 is 0 Å². The van der Waals surface area contributed by atoms with Crippen LogP contribution < -0.4 is 15.8 Å². The number of rotatable bonds is 3. The molecule has 1 aliphatic heterocycles. The van der Waals surface area contributed by atoms with Gasteiger partial charge in [0.1, 0.15) is 0 Å². The number of hydrogen-bond donors (Lipinski definition) is 1. The Morgan fingerprint density at radius 2 is 1.91 bits per heavy atom. The van der Waals surface area contributed by atoms with Gasteiger partial charge in [0.15, 0.2) is 0 Å². The van der Waals surface area contributed by atoms with Gasteiger partial charge in [0, 0.05) is 44.8 Å². The smallest absolute Gasteiger partial charge is 0.268 e. The van der Waals surface area contributed by atoms with E-state index < -0.39 is 0 Å². The van der Waals surface area contributed by atoms with E-state index in [4.69, 9.17) is 0 Å². The first kappa shape index (κ1) is 16.5. The summed E-state index contributed by atoms with van der Waals surface area (Å²) in [6.07, 6.45) is 1.71. The second-order valence-electron chi connectivity index (χ2n) is 6.74. The third-order valence-corrected chi connectivity index (χ3v) is 3.57. The summed E-state index contributed by atoms with van der Waals surface area (Å²) in [4.78, 5) is 27.8. The minimum atomic E-state index is -0.200. The van der Waals surface area contributed by atoms with E-state index in [-0.39, 0.29) is 17.0 Å². The largest absolute Gasteiger partial charge is 0.368 e. The highest BCUT2D eigenvalue weighted by Gasteiger charge is 2.21. The molecule has 0 aromatic carbocycles. The second kappa shape index (κ2) is 6.48. The highest BCUT2D eigenvalue weighted by Crippen LogP contribution is 2.12. The molecule has 1 amide bonds. The quantitative estimate of drug-likeness (QED) is 0.839. The molecule has 0 atom stereocenters. The molecule has 0 bridgehead atoms. The molecule has 0 aliphatic carbocycles. The lowest BCUT2D eigenvalue weighted by atomic mass is 10.1. The topological polar surface area (TPSA) is 70.5 Å². The van der Waals surface area contributed by atoms with Crippen molar-refractivity contribution >= 4 is 11.6 Å². The molecule has 1 fully saturated rings. The molecule has 1 aliphatic rings. The third kappa shape index (κ3) is 4.56. The van der Waals surface area contributed by atoms with Gasteiger partial charge in [-0.3, -0.25) is 14.5 Å². The third-order valence-electron chi connectivity index (χ3n) is 3.57. The van der Waals surface area contributed by atoms with Crippen LogP contribution in [0.4, 0.5) is 5.69 Å². The first-order valence-corrected chi connectivity index (χ1v) is 7.56. The maximum absolute atomic E-state index is 11.9. The Kier molecular flexibility index (Phi) is 4.85. The number of aromatic nitrogens is 2. The van der Waals surface area contributed by atoms with Crippen LogP contribution in [0.25, 0.3) is 0 Å². The van der Waals surface area contributed by atoms with E-state index in [0.29, 0.717) is 6.54 Å². The summed E-state index contributed by atoms with van der Waals surface area (Å²) in [5.74, 6) is 0.0520. The van der Waals surface area contributed by atoms with Gasteiger partial charge in [-0.05, 0) is 20.8 Å². The minimum absolute atomic E-state index is 0.0520. The number of nitrogens with zero attached hydrogens (tertiary/aromatic N) is 4. The van der Waals surface area contributed by atoms with Gasteiger partial charge in [-0.2, -0.15) is 5.10 Å². The van der Waals surface area contributed by atoms with Crippen molar-refractivity contribution in [1.29, 1.82) is 0 Å². The number of aryl methyl sites for hydroxylation is 1. The van der Waals surface area contributed by atoms with Gasteiger partial charge in [0.25, 0.3) is 5.56 Å². The minimum Gasteiger partial charge on any atom is -0.368 e. The fourth-order valence-electron chi connectivity index (χ4n) is 2.46. The summed E-state index contributed by atoms with van der Waals surface area (Å²) >= 11 is 0. The number of piperazine rings is 1. The van der Waals surface area contributed by atoms with E-state index in [1.54, 1.807) is 19.3 Å². The van der Waals surface area contributed by atoms with Crippen molar-refractivity contribution in [3.8, 4) is 0 Å². The van der Waals surface area contributed by atoms with Crippen LogP contribution in [0.15, 0.2) is 17.1 Å². The van der Waals surface area contributed by atoms with Crippen LogP contribution in [0.2, 0.25) is 0 Å². The van der Waals surface area contributed by atoms with Crippen LogP contribution in [0.1, 0.15) is 20.8 Å². The number of amides is 1. The van der Waals surface area contributed by atoms with Gasteiger partial charge in [-0.15, -0.1) is 0 Å².